The molecule has 0 N–H and O–H groups in total. The molecule has 0 atom stereocenters. The molecular formula is C29H25O4S-. The van der Waals surface area contributed by atoms with E-state index in [1.165, 1.54) is 16.3 Å². The Kier molecular flexibility index (Phi) is 6.66. The highest BCUT2D eigenvalue weighted by molar-refractivity contribution is 7.22. The van der Waals surface area contributed by atoms with Gasteiger partial charge >= 0.3 is 0 Å². The van der Waals surface area contributed by atoms with E-state index >= 15 is 0 Å². The molecule has 5 heteroatoms. The Morgan fingerprint density at radius 2 is 1.65 bits per heavy atom. The van der Waals surface area contributed by atoms with Crippen LogP contribution in [-0.4, -0.2) is 18.4 Å². The maximum Gasteiger partial charge on any atom is 0.185 e. The number of carboxylic acids is 1. The van der Waals surface area contributed by atoms with E-state index in [-0.39, 0.29) is 5.78 Å². The largest absolute Gasteiger partial charge is 0.546 e. The molecule has 3 aromatic carbocycles. The zero-order valence-corrected chi connectivity index (χ0v) is 20.4. The Hall–Kier alpha value is -3.70. The van der Waals surface area contributed by atoms with E-state index in [1.54, 1.807) is 17.4 Å². The number of fused-ring (bicyclic) bond motifs is 1. The standard InChI is InChI=1S/C29H26O4S/c1-17-11-23(12-18(2)20(17)4)25(30)10-9-21-14-24(19(3)13-26(21)33-16-29(31)32)28-15-22-7-5-6-8-27(22)34-28/h5-15H,16H2,1-4H3,(H,31,32)/p-1/b10-9+. The zero-order valence-electron chi connectivity index (χ0n) is 19.6. The van der Waals surface area contributed by atoms with Gasteiger partial charge in [0.2, 0.25) is 0 Å². The monoisotopic (exact) mass is 469 g/mol. The van der Waals surface area contributed by atoms with Crippen molar-refractivity contribution in [3.8, 4) is 16.2 Å². The first kappa shape index (κ1) is 23.5. The Morgan fingerprint density at radius 1 is 0.941 bits per heavy atom. The molecule has 0 aliphatic carbocycles. The Balaban J connectivity index is 1.74. The Bertz CT molecular complexity index is 1390. The lowest BCUT2D eigenvalue weighted by Crippen LogP contribution is -2.29. The summed E-state index contributed by atoms with van der Waals surface area (Å²) < 4.78 is 6.69. The van der Waals surface area contributed by atoms with Gasteiger partial charge in [0.05, 0.1) is 5.97 Å². The van der Waals surface area contributed by atoms with Crippen molar-refractivity contribution in [2.24, 2.45) is 0 Å². The molecule has 172 valence electrons. The number of allylic oxidation sites excluding steroid dienone is 1. The fraction of sp³-hybridized carbons (Fsp3) is 0.172. The van der Waals surface area contributed by atoms with Crippen LogP contribution in [0.4, 0.5) is 0 Å². The minimum absolute atomic E-state index is 0.124. The zero-order chi connectivity index (χ0) is 24.4. The van der Waals surface area contributed by atoms with E-state index in [4.69, 9.17) is 4.74 Å². The van der Waals surface area contributed by atoms with E-state index < -0.39 is 12.6 Å². The van der Waals surface area contributed by atoms with Crippen LogP contribution in [0.3, 0.4) is 0 Å². The fourth-order valence-corrected chi connectivity index (χ4v) is 5.05. The first-order valence-corrected chi connectivity index (χ1v) is 11.8. The van der Waals surface area contributed by atoms with Gasteiger partial charge in [0.15, 0.2) is 5.78 Å². The molecule has 0 unspecified atom stereocenters. The number of hydrogen-bond donors (Lipinski definition) is 0. The van der Waals surface area contributed by atoms with Gasteiger partial charge in [0.25, 0.3) is 0 Å². The fourth-order valence-electron chi connectivity index (χ4n) is 3.91. The van der Waals surface area contributed by atoms with Crippen LogP contribution in [0.25, 0.3) is 26.6 Å². The number of aliphatic carboxylic acids is 1. The summed E-state index contributed by atoms with van der Waals surface area (Å²) in [4.78, 5) is 25.0. The molecule has 0 radical (unpaired) electrons. The average molecular weight is 470 g/mol. The number of aryl methyl sites for hydroxylation is 3. The molecule has 4 rings (SSSR count). The number of rotatable bonds is 7. The van der Waals surface area contributed by atoms with Crippen molar-refractivity contribution in [1.29, 1.82) is 0 Å². The molecule has 1 aromatic heterocycles. The van der Waals surface area contributed by atoms with E-state index in [2.05, 4.69) is 18.2 Å². The van der Waals surface area contributed by atoms with Crippen molar-refractivity contribution in [1.82, 2.24) is 0 Å². The van der Waals surface area contributed by atoms with Crippen LogP contribution in [0, 0.1) is 27.7 Å². The van der Waals surface area contributed by atoms with Gasteiger partial charge in [0, 0.05) is 20.7 Å². The SMILES string of the molecule is Cc1cc(OCC(=O)[O-])c(/C=C/C(=O)c2cc(C)c(C)c(C)c2)cc1-c1cc2ccccc2s1. The predicted molar refractivity (Wildman–Crippen MR) is 137 cm³/mol. The minimum atomic E-state index is -1.30. The lowest BCUT2D eigenvalue weighted by atomic mass is 9.97. The normalized spacial score (nSPS) is 11.3. The van der Waals surface area contributed by atoms with Crippen LogP contribution in [0.5, 0.6) is 5.75 Å². The highest BCUT2D eigenvalue weighted by Crippen LogP contribution is 2.38. The first-order valence-electron chi connectivity index (χ1n) is 11.0. The number of carbonyl (C=O) groups is 2. The molecule has 34 heavy (non-hydrogen) atoms. The van der Waals surface area contributed by atoms with Gasteiger partial charge in [-0.1, -0.05) is 18.2 Å². The van der Waals surface area contributed by atoms with Gasteiger partial charge in [-0.2, -0.15) is 0 Å². The number of thiophene rings is 1. The molecular weight excluding hydrogens is 444 g/mol. The van der Waals surface area contributed by atoms with E-state index in [1.807, 2.05) is 64.1 Å². The second kappa shape index (κ2) is 9.65. The molecule has 0 aliphatic rings. The number of carbonyl (C=O) groups excluding carboxylic acids is 2. The smallest absolute Gasteiger partial charge is 0.185 e. The summed E-state index contributed by atoms with van der Waals surface area (Å²) in [7, 11) is 0. The molecule has 0 amide bonds. The van der Waals surface area contributed by atoms with Gasteiger partial charge in [-0.05, 0) is 109 Å². The van der Waals surface area contributed by atoms with Crippen molar-refractivity contribution in [2.45, 2.75) is 27.7 Å². The van der Waals surface area contributed by atoms with Crippen molar-refractivity contribution < 1.29 is 19.4 Å². The average Bonchev–Trinajstić information content (AvgIpc) is 3.23. The molecule has 0 aliphatic heterocycles. The Labute approximate surface area is 203 Å². The second-order valence-corrected chi connectivity index (χ2v) is 9.53. The van der Waals surface area contributed by atoms with Gasteiger partial charge in [-0.15, -0.1) is 11.3 Å². The summed E-state index contributed by atoms with van der Waals surface area (Å²) in [5.74, 6) is -1.03. The summed E-state index contributed by atoms with van der Waals surface area (Å²) >= 11 is 1.69. The molecule has 0 fully saturated rings. The van der Waals surface area contributed by atoms with E-state index in [0.29, 0.717) is 16.9 Å². The quantitative estimate of drug-likeness (QED) is 0.252. The first-order chi connectivity index (χ1) is 16.2. The van der Waals surface area contributed by atoms with Crippen molar-refractivity contribution >= 4 is 39.3 Å². The molecule has 4 aromatic rings. The van der Waals surface area contributed by atoms with Crippen molar-refractivity contribution in [3.63, 3.8) is 0 Å². The molecule has 0 saturated heterocycles. The summed E-state index contributed by atoms with van der Waals surface area (Å²) in [6.45, 7) is 7.42. The van der Waals surface area contributed by atoms with Crippen LogP contribution < -0.4 is 9.84 Å². The third kappa shape index (κ3) is 4.95. The van der Waals surface area contributed by atoms with Crippen LogP contribution >= 0.6 is 11.3 Å². The summed E-state index contributed by atoms with van der Waals surface area (Å²) in [6.07, 6.45) is 3.20. The van der Waals surface area contributed by atoms with Gasteiger partial charge < -0.3 is 14.6 Å². The topological polar surface area (TPSA) is 66.4 Å². The van der Waals surface area contributed by atoms with E-state index in [9.17, 15) is 14.7 Å². The molecule has 0 spiro atoms. The number of carboxylic acid groups (broad SMARTS) is 1. The summed E-state index contributed by atoms with van der Waals surface area (Å²) in [5, 5.41) is 12.2. The van der Waals surface area contributed by atoms with Crippen molar-refractivity contribution in [2.75, 3.05) is 6.61 Å². The third-order valence-corrected chi connectivity index (χ3v) is 7.17. The van der Waals surface area contributed by atoms with Crippen LogP contribution in [0.2, 0.25) is 0 Å². The second-order valence-electron chi connectivity index (χ2n) is 8.45. The van der Waals surface area contributed by atoms with Crippen LogP contribution in [0.1, 0.15) is 38.2 Å². The number of ether oxygens (including phenoxy) is 1. The minimum Gasteiger partial charge on any atom is -0.546 e. The molecule has 0 bridgehead atoms. The van der Waals surface area contributed by atoms with Gasteiger partial charge in [-0.3, -0.25) is 4.79 Å². The maximum absolute atomic E-state index is 12.9. The number of hydrogen-bond acceptors (Lipinski definition) is 5. The predicted octanol–water partition coefficient (Wildman–Crippen LogP) is 5.83. The van der Waals surface area contributed by atoms with Crippen molar-refractivity contribution in [3.05, 3.63) is 94.1 Å². The van der Waals surface area contributed by atoms with Crippen LogP contribution in [0.15, 0.2) is 60.7 Å². The summed E-state index contributed by atoms with van der Waals surface area (Å²) in [6, 6.07) is 17.9. The Morgan fingerprint density at radius 3 is 2.32 bits per heavy atom. The third-order valence-electron chi connectivity index (χ3n) is 6.02. The maximum atomic E-state index is 12.9. The lowest BCUT2D eigenvalue weighted by Gasteiger charge is -2.14. The number of benzene rings is 3. The number of ketones is 1. The van der Waals surface area contributed by atoms with Gasteiger partial charge in [0.1, 0.15) is 12.4 Å². The lowest BCUT2D eigenvalue weighted by molar-refractivity contribution is -0.307. The highest BCUT2D eigenvalue weighted by Gasteiger charge is 2.13. The molecule has 1 heterocycles. The molecule has 4 nitrogen and oxygen atoms in total. The summed E-state index contributed by atoms with van der Waals surface area (Å²) in [5.41, 5.74) is 6.52. The van der Waals surface area contributed by atoms with Crippen LogP contribution in [-0.2, 0) is 4.79 Å². The van der Waals surface area contributed by atoms with E-state index in [0.717, 1.165) is 32.5 Å². The van der Waals surface area contributed by atoms with Gasteiger partial charge in [-0.25, -0.2) is 0 Å². The molecule has 0 saturated carbocycles. The highest BCUT2D eigenvalue weighted by atomic mass is 32.1.